The average Bonchev–Trinajstić information content (AvgIpc) is 2.19. The summed E-state index contributed by atoms with van der Waals surface area (Å²) in [5.41, 5.74) is 0. The molecule has 68 valence electrons. The number of rotatable bonds is 2. The van der Waals surface area contributed by atoms with E-state index in [0.717, 1.165) is 6.54 Å². The summed E-state index contributed by atoms with van der Waals surface area (Å²) in [4.78, 5) is 0. The normalized spacial score (nSPS) is 8.58. The molecule has 1 aromatic rings. The van der Waals surface area contributed by atoms with Crippen LogP contribution in [0.1, 0.15) is 33.6 Å². The summed E-state index contributed by atoms with van der Waals surface area (Å²) in [6.45, 7) is 7.54. The Bertz CT molecular complexity index is 168. The Morgan fingerprint density at radius 3 is 1.58 bits per heavy atom. The van der Waals surface area contributed by atoms with Gasteiger partial charge in [0.2, 0.25) is 0 Å². The predicted octanol–water partition coefficient (Wildman–Crippen LogP) is 2.80. The molecular weight excluding hydrogens is 146 g/mol. The first-order chi connectivity index (χ1) is 5.85. The van der Waals surface area contributed by atoms with Crippen molar-refractivity contribution in [3.05, 3.63) is 30.6 Å². The van der Waals surface area contributed by atoms with Crippen LogP contribution in [0.5, 0.6) is 0 Å². The van der Waals surface area contributed by atoms with Gasteiger partial charge >= 0.3 is 0 Å². The minimum Gasteiger partial charge on any atom is -0.205 e. The van der Waals surface area contributed by atoms with E-state index in [-0.39, 0.29) is 0 Å². The van der Waals surface area contributed by atoms with E-state index in [4.69, 9.17) is 0 Å². The first-order valence-corrected chi connectivity index (χ1v) is 4.79. The molecular formula is C11H20N+. The summed E-state index contributed by atoms with van der Waals surface area (Å²) in [5.74, 6) is 0. The monoisotopic (exact) mass is 166 g/mol. The van der Waals surface area contributed by atoms with Crippen LogP contribution in [-0.2, 0) is 6.54 Å². The first-order valence-electron chi connectivity index (χ1n) is 4.79. The molecule has 0 spiro atoms. The van der Waals surface area contributed by atoms with Crippen LogP contribution in [0.15, 0.2) is 30.6 Å². The second kappa shape index (κ2) is 8.25. The van der Waals surface area contributed by atoms with Crippen LogP contribution in [-0.4, -0.2) is 0 Å². The summed E-state index contributed by atoms with van der Waals surface area (Å²) < 4.78 is 2.12. The van der Waals surface area contributed by atoms with Crippen LogP contribution in [0.3, 0.4) is 0 Å². The summed E-state index contributed by atoms with van der Waals surface area (Å²) >= 11 is 0. The molecule has 0 aliphatic carbocycles. The molecule has 12 heavy (non-hydrogen) atoms. The predicted molar refractivity (Wildman–Crippen MR) is 52.9 cm³/mol. The number of hydrogen-bond acceptors (Lipinski definition) is 0. The van der Waals surface area contributed by atoms with E-state index in [1.807, 2.05) is 18.2 Å². The molecule has 1 heteroatoms. The van der Waals surface area contributed by atoms with Crippen molar-refractivity contribution < 1.29 is 4.57 Å². The average molecular weight is 166 g/mol. The van der Waals surface area contributed by atoms with Gasteiger partial charge in [0.05, 0.1) is 0 Å². The van der Waals surface area contributed by atoms with Crippen LogP contribution < -0.4 is 4.57 Å². The van der Waals surface area contributed by atoms with E-state index in [2.05, 4.69) is 37.7 Å². The van der Waals surface area contributed by atoms with E-state index in [1.54, 1.807) is 0 Å². The Kier molecular flexibility index (Phi) is 7.66. The Morgan fingerprint density at radius 2 is 1.33 bits per heavy atom. The van der Waals surface area contributed by atoms with Crippen molar-refractivity contribution >= 4 is 0 Å². The quantitative estimate of drug-likeness (QED) is 0.595. The second-order valence-electron chi connectivity index (χ2n) is 2.71. The molecule has 0 unspecified atom stereocenters. The minimum absolute atomic E-state index is 1.06. The third-order valence-electron chi connectivity index (χ3n) is 1.64. The third kappa shape index (κ3) is 5.90. The Morgan fingerprint density at radius 1 is 0.833 bits per heavy atom. The highest BCUT2D eigenvalue weighted by Crippen LogP contribution is 1.76. The van der Waals surface area contributed by atoms with Crippen molar-refractivity contribution in [1.29, 1.82) is 0 Å². The van der Waals surface area contributed by atoms with Gasteiger partial charge in [-0.1, -0.05) is 32.8 Å². The Labute approximate surface area is 76.1 Å². The summed E-state index contributed by atoms with van der Waals surface area (Å²) in [6.07, 6.45) is 6.75. The minimum atomic E-state index is 1.06. The molecule has 0 aliphatic heterocycles. The molecule has 1 rings (SSSR count). The maximum atomic E-state index is 2.18. The molecule has 0 saturated heterocycles. The molecule has 1 aromatic heterocycles. The fourth-order valence-electron chi connectivity index (χ4n) is 0.645. The van der Waals surface area contributed by atoms with Gasteiger partial charge in [0.1, 0.15) is 6.54 Å². The highest BCUT2D eigenvalue weighted by molar-refractivity contribution is 4.83. The summed E-state index contributed by atoms with van der Waals surface area (Å²) in [7, 11) is 0. The zero-order valence-corrected chi connectivity index (χ0v) is 8.46. The Hall–Kier alpha value is -0.850. The lowest BCUT2D eigenvalue weighted by Crippen LogP contribution is -2.30. The number of unbranched alkanes of at least 4 members (excludes halogenated alkanes) is 1. The fourth-order valence-corrected chi connectivity index (χ4v) is 0.645. The molecule has 0 aromatic carbocycles. The molecule has 0 fully saturated rings. The van der Waals surface area contributed by atoms with Crippen molar-refractivity contribution in [2.75, 3.05) is 0 Å². The highest BCUT2D eigenvalue weighted by atomic mass is 14.9. The molecule has 0 aliphatic rings. The third-order valence-corrected chi connectivity index (χ3v) is 1.64. The van der Waals surface area contributed by atoms with Crippen LogP contribution in [0.2, 0.25) is 0 Å². The van der Waals surface area contributed by atoms with Gasteiger partial charge < -0.3 is 0 Å². The van der Waals surface area contributed by atoms with Gasteiger partial charge in [-0.15, -0.1) is 0 Å². The molecule has 0 saturated carbocycles. The first kappa shape index (κ1) is 11.2. The van der Waals surface area contributed by atoms with E-state index < -0.39 is 0 Å². The molecule has 1 nitrogen and oxygen atoms in total. The van der Waals surface area contributed by atoms with Crippen LogP contribution in [0.4, 0.5) is 0 Å². The smallest absolute Gasteiger partial charge is 0.168 e. The van der Waals surface area contributed by atoms with Crippen molar-refractivity contribution in [3.8, 4) is 0 Å². The van der Waals surface area contributed by atoms with Gasteiger partial charge in [0.25, 0.3) is 0 Å². The number of aromatic nitrogens is 1. The largest absolute Gasteiger partial charge is 0.205 e. The number of hydrogen-bond donors (Lipinski definition) is 0. The summed E-state index contributed by atoms with van der Waals surface area (Å²) in [6, 6.07) is 6.08. The highest BCUT2D eigenvalue weighted by Gasteiger charge is 1.86. The SMILES string of the molecule is CCCC.CC[n+]1ccccc1. The Balaban J connectivity index is 0.000000261. The van der Waals surface area contributed by atoms with E-state index in [9.17, 15) is 0 Å². The van der Waals surface area contributed by atoms with E-state index in [1.165, 1.54) is 12.8 Å². The zero-order valence-electron chi connectivity index (χ0n) is 8.46. The topological polar surface area (TPSA) is 3.88 Å². The van der Waals surface area contributed by atoms with Gasteiger partial charge in [-0.3, -0.25) is 0 Å². The molecule has 0 N–H and O–H groups in total. The van der Waals surface area contributed by atoms with Gasteiger partial charge in [0, 0.05) is 12.1 Å². The number of nitrogens with zero attached hydrogens (tertiary/aromatic N) is 1. The van der Waals surface area contributed by atoms with Crippen LogP contribution in [0, 0.1) is 0 Å². The number of pyridine rings is 1. The van der Waals surface area contributed by atoms with Gasteiger partial charge in [-0.2, -0.15) is 0 Å². The van der Waals surface area contributed by atoms with Gasteiger partial charge in [-0.05, 0) is 6.92 Å². The zero-order chi connectivity index (χ0) is 9.23. The standard InChI is InChI=1S/C7H10N.C4H10/c1-2-8-6-4-3-5-7-8;1-3-4-2/h3-7H,2H2,1H3;3-4H2,1-2H3/q+1;. The van der Waals surface area contributed by atoms with Crippen molar-refractivity contribution in [3.63, 3.8) is 0 Å². The lowest BCUT2D eigenvalue weighted by molar-refractivity contribution is -0.693. The van der Waals surface area contributed by atoms with Crippen molar-refractivity contribution in [2.24, 2.45) is 0 Å². The second-order valence-corrected chi connectivity index (χ2v) is 2.71. The van der Waals surface area contributed by atoms with Crippen LogP contribution >= 0.6 is 0 Å². The maximum absolute atomic E-state index is 2.18. The van der Waals surface area contributed by atoms with E-state index >= 15 is 0 Å². The lowest BCUT2D eigenvalue weighted by Gasteiger charge is -1.84. The fraction of sp³-hybridized carbons (Fsp3) is 0.545. The van der Waals surface area contributed by atoms with Gasteiger partial charge in [0.15, 0.2) is 12.4 Å². The molecule has 0 bridgehead atoms. The maximum Gasteiger partial charge on any atom is 0.168 e. The lowest BCUT2D eigenvalue weighted by atomic mass is 10.4. The molecule has 0 amide bonds. The molecule has 1 heterocycles. The van der Waals surface area contributed by atoms with Crippen molar-refractivity contribution in [2.45, 2.75) is 40.2 Å². The molecule has 0 radical (unpaired) electrons. The summed E-state index contributed by atoms with van der Waals surface area (Å²) in [5, 5.41) is 0. The van der Waals surface area contributed by atoms with Crippen molar-refractivity contribution in [1.82, 2.24) is 0 Å². The van der Waals surface area contributed by atoms with E-state index in [0.29, 0.717) is 0 Å². The molecule has 0 atom stereocenters. The number of aryl methyl sites for hydroxylation is 1. The van der Waals surface area contributed by atoms with Crippen LogP contribution in [0.25, 0.3) is 0 Å². The van der Waals surface area contributed by atoms with Gasteiger partial charge in [-0.25, -0.2) is 4.57 Å².